The summed E-state index contributed by atoms with van der Waals surface area (Å²) in [7, 11) is 7.24. The number of piperazine rings is 2. The maximum Gasteiger partial charge on any atom is 0.131 e. The largest absolute Gasteiger partial charge is 0.493 e. The molecule has 4 aromatic carbocycles. The molecular formula is C51H72N8O4S. The van der Waals surface area contributed by atoms with Crippen molar-refractivity contribution < 1.29 is 19.4 Å². The van der Waals surface area contributed by atoms with Gasteiger partial charge in [0.15, 0.2) is 0 Å². The van der Waals surface area contributed by atoms with E-state index >= 15 is 0 Å². The van der Waals surface area contributed by atoms with E-state index in [2.05, 4.69) is 162 Å². The number of benzene rings is 4. The minimum atomic E-state index is -0.0157. The monoisotopic (exact) mass is 893 g/mol. The molecule has 3 N–H and O–H groups in total. The Kier molecular flexibility index (Phi) is 19.6. The van der Waals surface area contributed by atoms with Crippen molar-refractivity contribution in [2.45, 2.75) is 47.1 Å². The van der Waals surface area contributed by atoms with Gasteiger partial charge in [0.1, 0.15) is 24.9 Å². The second-order valence-corrected chi connectivity index (χ2v) is 18.7. The molecule has 0 aliphatic carbocycles. The summed E-state index contributed by atoms with van der Waals surface area (Å²) in [5, 5.41) is 21.8. The Hall–Kier alpha value is -4.89. The van der Waals surface area contributed by atoms with E-state index in [-0.39, 0.29) is 5.41 Å². The Morgan fingerprint density at radius 1 is 0.906 bits per heavy atom. The van der Waals surface area contributed by atoms with E-state index in [4.69, 9.17) is 24.5 Å². The molecule has 2 saturated heterocycles. The lowest BCUT2D eigenvalue weighted by molar-refractivity contribution is -0.0980. The van der Waals surface area contributed by atoms with Crippen LogP contribution in [0.1, 0.15) is 50.6 Å². The van der Waals surface area contributed by atoms with E-state index in [0.717, 1.165) is 130 Å². The second-order valence-electron chi connectivity index (χ2n) is 17.3. The van der Waals surface area contributed by atoms with E-state index in [9.17, 15) is 0 Å². The molecule has 2 aliphatic rings. The van der Waals surface area contributed by atoms with Gasteiger partial charge in [0.25, 0.3) is 0 Å². The van der Waals surface area contributed by atoms with Crippen molar-refractivity contribution in [2.24, 2.45) is 12.5 Å². The van der Waals surface area contributed by atoms with Gasteiger partial charge in [-0.2, -0.15) is 5.10 Å². The Morgan fingerprint density at radius 2 is 1.59 bits per heavy atom. The van der Waals surface area contributed by atoms with E-state index < -0.39 is 0 Å². The van der Waals surface area contributed by atoms with Gasteiger partial charge in [0, 0.05) is 125 Å². The first-order valence-electron chi connectivity index (χ1n) is 22.5. The Balaban J connectivity index is 0.00000187. The van der Waals surface area contributed by atoms with E-state index in [1.165, 1.54) is 22.2 Å². The highest BCUT2D eigenvalue weighted by atomic mass is 32.2. The minimum Gasteiger partial charge on any atom is -0.493 e. The van der Waals surface area contributed by atoms with Gasteiger partial charge in [-0.15, -0.1) is 0 Å². The Morgan fingerprint density at radius 3 is 2.30 bits per heavy atom. The maximum absolute atomic E-state index is 8.00. The number of anilines is 2. The molecule has 0 spiro atoms. The number of nitrogens with one attached hydrogen (secondary N) is 2. The molecule has 0 unspecified atom stereocenters. The average Bonchev–Trinajstić information content (AvgIpc) is 3.59. The first kappa shape index (κ1) is 50.1. The van der Waals surface area contributed by atoms with Crippen LogP contribution in [-0.2, 0) is 18.4 Å². The van der Waals surface area contributed by atoms with Gasteiger partial charge in [0.05, 0.1) is 18.0 Å². The lowest BCUT2D eigenvalue weighted by Crippen LogP contribution is -2.45. The van der Waals surface area contributed by atoms with E-state index in [1.807, 2.05) is 18.5 Å². The van der Waals surface area contributed by atoms with Crippen LogP contribution in [-0.4, -0.2) is 128 Å². The van der Waals surface area contributed by atoms with Gasteiger partial charge in [0.2, 0.25) is 0 Å². The molecule has 13 heteroatoms. The zero-order valence-electron chi connectivity index (χ0n) is 39.5. The van der Waals surface area contributed by atoms with Gasteiger partial charge in [-0.3, -0.25) is 9.58 Å². The molecule has 3 heterocycles. The maximum atomic E-state index is 8.00. The number of fused-ring (bicyclic) bond motifs is 1. The SMILES string of the molecule is C=O.CO.Cc1nn(C)c(COc2ccc(N3CCN(SN(C)C)CC3)cc2)c1-c1cccc(/C(=C/C(C)(C)C)CCCOc2cccc3ccccc23)c1NCCN1CCNCC1. The van der Waals surface area contributed by atoms with Crippen molar-refractivity contribution in [3.8, 4) is 22.6 Å². The fourth-order valence-electron chi connectivity index (χ4n) is 8.45. The number of aliphatic hydroxyl groups excluding tert-OH is 1. The summed E-state index contributed by atoms with van der Waals surface area (Å²) in [6.07, 6.45) is 4.24. The molecule has 2 fully saturated rings. The Labute approximate surface area is 386 Å². The van der Waals surface area contributed by atoms with Gasteiger partial charge in [-0.05, 0) is 80.6 Å². The predicted molar refractivity (Wildman–Crippen MR) is 268 cm³/mol. The lowest BCUT2D eigenvalue weighted by Gasteiger charge is -2.36. The van der Waals surface area contributed by atoms with Crippen LogP contribution in [0.25, 0.3) is 27.5 Å². The molecule has 1 aromatic heterocycles. The summed E-state index contributed by atoms with van der Waals surface area (Å²) in [6.45, 7) is 22.2. The van der Waals surface area contributed by atoms with Crippen molar-refractivity contribution in [1.82, 2.24) is 28.6 Å². The molecule has 0 atom stereocenters. The zero-order chi connectivity index (χ0) is 46.1. The van der Waals surface area contributed by atoms with Crippen molar-refractivity contribution >= 4 is 46.6 Å². The normalized spacial score (nSPS) is 15.0. The summed E-state index contributed by atoms with van der Waals surface area (Å²) < 4.78 is 19.6. The highest BCUT2D eigenvalue weighted by Gasteiger charge is 2.24. The van der Waals surface area contributed by atoms with Crippen LogP contribution in [0, 0.1) is 12.3 Å². The summed E-state index contributed by atoms with van der Waals surface area (Å²) in [5.74, 6) is 1.80. The van der Waals surface area contributed by atoms with Crippen molar-refractivity contribution in [1.29, 1.82) is 0 Å². The molecule has 0 bridgehead atoms. The minimum absolute atomic E-state index is 0.0157. The molecule has 346 valence electrons. The number of aromatic nitrogens is 2. The highest BCUT2D eigenvalue weighted by Crippen LogP contribution is 2.41. The van der Waals surface area contributed by atoms with Crippen molar-refractivity contribution in [3.05, 3.63) is 108 Å². The van der Waals surface area contributed by atoms with Crippen molar-refractivity contribution in [3.63, 3.8) is 0 Å². The number of aliphatic hydroxyl groups is 1. The van der Waals surface area contributed by atoms with Crippen LogP contribution in [0.5, 0.6) is 11.5 Å². The fourth-order valence-corrected chi connectivity index (χ4v) is 9.24. The van der Waals surface area contributed by atoms with Gasteiger partial charge in [-0.1, -0.05) is 81.4 Å². The average molecular weight is 893 g/mol. The summed E-state index contributed by atoms with van der Waals surface area (Å²) in [4.78, 5) is 13.0. The number of allylic oxidation sites excluding steroid dienone is 2. The van der Waals surface area contributed by atoms with Crippen molar-refractivity contribution in [2.75, 3.05) is 103 Å². The third kappa shape index (κ3) is 14.1. The molecule has 5 aromatic rings. The topological polar surface area (TPSA) is 111 Å². The Bertz CT molecular complexity index is 2200. The van der Waals surface area contributed by atoms with Crippen LogP contribution in [0.4, 0.5) is 11.4 Å². The van der Waals surface area contributed by atoms with Gasteiger partial charge in [-0.25, -0.2) is 8.61 Å². The first-order valence-corrected chi connectivity index (χ1v) is 23.2. The molecule has 12 nitrogen and oxygen atoms in total. The van der Waals surface area contributed by atoms with Crippen LogP contribution in [0.3, 0.4) is 0 Å². The van der Waals surface area contributed by atoms with E-state index in [1.54, 1.807) is 12.1 Å². The molecule has 0 radical (unpaired) electrons. The number of aryl methyl sites for hydroxylation is 2. The lowest BCUT2D eigenvalue weighted by atomic mass is 9.87. The molecule has 64 heavy (non-hydrogen) atoms. The van der Waals surface area contributed by atoms with Crippen LogP contribution in [0.2, 0.25) is 0 Å². The molecule has 0 saturated carbocycles. The third-order valence-corrected chi connectivity index (χ3v) is 12.2. The predicted octanol–water partition coefficient (Wildman–Crippen LogP) is 8.40. The van der Waals surface area contributed by atoms with Crippen LogP contribution >= 0.6 is 12.1 Å². The molecule has 7 rings (SSSR count). The van der Waals surface area contributed by atoms with Gasteiger partial charge < -0.3 is 34.9 Å². The number of para-hydroxylation sites is 1. The quantitative estimate of drug-likeness (QED) is 0.0616. The standard InChI is InChI=1S/C49H66N8O2S.CH4O.CH2O/c1-37-47(45(54(7)52-37)36-59-41-22-20-40(21-23-41)56-30-32-57(33-31-56)60-53(5)6)44-18-11-17-43(48(44)51-26-29-55-27-24-50-25-28-55)39(35-49(2,3)4)15-12-34-58-46-19-10-14-38-13-8-9-16-42(38)46;2*1-2/h8-11,13-14,16-23,35,50-51H,12,15,24-34,36H2,1-7H3;2H,1H3;1H2/b39-35+;;. The van der Waals surface area contributed by atoms with E-state index in [0.29, 0.717) is 13.2 Å². The molecular weight excluding hydrogens is 821 g/mol. The third-order valence-electron chi connectivity index (χ3n) is 11.3. The number of carbonyl (C=O) groups excluding carboxylic acids is 1. The molecule has 0 amide bonds. The first-order chi connectivity index (χ1) is 31.0. The number of ether oxygens (including phenoxy) is 2. The summed E-state index contributed by atoms with van der Waals surface area (Å²) >= 11 is 1.80. The van der Waals surface area contributed by atoms with Crippen LogP contribution in [0.15, 0.2) is 91.0 Å². The fraction of sp³-hybridized carbons (Fsp3) is 0.451. The second kappa shape index (κ2) is 25.0. The number of hydrogen-bond donors (Lipinski definition) is 3. The number of rotatable bonds is 17. The summed E-state index contributed by atoms with van der Waals surface area (Å²) in [6, 6.07) is 30.1. The highest BCUT2D eigenvalue weighted by molar-refractivity contribution is 7.94. The van der Waals surface area contributed by atoms with Crippen LogP contribution < -0.4 is 25.0 Å². The number of nitrogens with zero attached hydrogens (tertiary/aromatic N) is 6. The number of hydrogen-bond acceptors (Lipinski definition) is 12. The smallest absolute Gasteiger partial charge is 0.131 e. The number of carbonyl (C=O) groups is 1. The van der Waals surface area contributed by atoms with Gasteiger partial charge >= 0.3 is 0 Å². The summed E-state index contributed by atoms with van der Waals surface area (Å²) in [5.41, 5.74) is 9.27. The zero-order valence-corrected chi connectivity index (χ0v) is 40.3. The molecule has 2 aliphatic heterocycles.